The lowest BCUT2D eigenvalue weighted by Crippen LogP contribution is -2.24. The van der Waals surface area contributed by atoms with E-state index < -0.39 is 16.0 Å². The molecule has 0 aliphatic heterocycles. The topological polar surface area (TPSA) is 96.8 Å². The number of thiazole rings is 1. The van der Waals surface area contributed by atoms with Gasteiger partial charge in [0.15, 0.2) is 4.34 Å². The van der Waals surface area contributed by atoms with E-state index in [-0.39, 0.29) is 17.0 Å². The van der Waals surface area contributed by atoms with Gasteiger partial charge in [0.05, 0.1) is 27.3 Å². The fourth-order valence-corrected chi connectivity index (χ4v) is 6.60. The molecular weight excluding hydrogens is 432 g/mol. The third-order valence-corrected chi connectivity index (χ3v) is 8.55. The number of hydrogen-bond donors (Lipinski definition) is 1. The van der Waals surface area contributed by atoms with Crippen LogP contribution in [0, 0.1) is 6.92 Å². The Kier molecular flexibility index (Phi) is 6.47. The first-order chi connectivity index (χ1) is 13.8. The monoisotopic (exact) mass is 452 g/mol. The second-order valence-electron chi connectivity index (χ2n) is 6.04. The first-order valence-electron chi connectivity index (χ1n) is 8.84. The number of hydrogen-bond acceptors (Lipinski definition) is 7. The Labute approximate surface area is 177 Å². The molecule has 3 aromatic rings. The minimum atomic E-state index is -3.90. The molecule has 0 saturated heterocycles. The first-order valence-corrected chi connectivity index (χ1v) is 11.9. The SMILES string of the molecule is CCOc1ccc2nc(SN(CC)S(=O)(=O)c3ccc(C)c(C(=O)O)c3)sc2c1. The molecule has 0 radical (unpaired) electrons. The van der Waals surface area contributed by atoms with E-state index in [1.165, 1.54) is 33.2 Å². The molecule has 0 aliphatic rings. The van der Waals surface area contributed by atoms with E-state index >= 15 is 0 Å². The molecule has 1 N–H and O–H groups in total. The molecule has 0 unspecified atom stereocenters. The molecule has 10 heteroatoms. The van der Waals surface area contributed by atoms with E-state index in [0.717, 1.165) is 27.9 Å². The van der Waals surface area contributed by atoms with Crippen LogP contribution in [0.1, 0.15) is 29.8 Å². The van der Waals surface area contributed by atoms with E-state index in [1.807, 2.05) is 25.1 Å². The fraction of sp³-hybridized carbons (Fsp3) is 0.263. The molecule has 0 atom stereocenters. The lowest BCUT2D eigenvalue weighted by molar-refractivity contribution is 0.0696. The third kappa shape index (κ3) is 4.55. The van der Waals surface area contributed by atoms with Crippen LogP contribution in [0.15, 0.2) is 45.6 Å². The van der Waals surface area contributed by atoms with E-state index in [0.29, 0.717) is 16.5 Å². The minimum absolute atomic E-state index is 0.0319. The van der Waals surface area contributed by atoms with Crippen LogP contribution in [0.4, 0.5) is 0 Å². The molecule has 154 valence electrons. The normalized spacial score (nSPS) is 11.9. The van der Waals surface area contributed by atoms with Crippen molar-refractivity contribution in [1.82, 2.24) is 8.69 Å². The highest BCUT2D eigenvalue weighted by atomic mass is 32.3. The van der Waals surface area contributed by atoms with Crippen LogP contribution in [0.2, 0.25) is 0 Å². The summed E-state index contributed by atoms with van der Waals surface area (Å²) in [5, 5.41) is 9.30. The lowest BCUT2D eigenvalue weighted by atomic mass is 10.1. The molecule has 0 saturated carbocycles. The van der Waals surface area contributed by atoms with Crippen LogP contribution < -0.4 is 4.74 Å². The maximum atomic E-state index is 13.1. The van der Waals surface area contributed by atoms with Crippen LogP contribution in [-0.4, -0.2) is 41.3 Å². The zero-order chi connectivity index (χ0) is 21.2. The van der Waals surface area contributed by atoms with E-state index in [1.54, 1.807) is 13.8 Å². The predicted octanol–water partition coefficient (Wildman–Crippen LogP) is 4.42. The fourth-order valence-electron chi connectivity index (χ4n) is 2.66. The summed E-state index contributed by atoms with van der Waals surface area (Å²) in [4.78, 5) is 15.8. The number of fused-ring (bicyclic) bond motifs is 1. The van der Waals surface area contributed by atoms with Gasteiger partial charge in [-0.15, -0.1) is 15.0 Å². The van der Waals surface area contributed by atoms with Gasteiger partial charge in [0.1, 0.15) is 5.75 Å². The van der Waals surface area contributed by atoms with Gasteiger partial charge in [-0.2, -0.15) is 0 Å². The number of aromatic carboxylic acids is 1. The Morgan fingerprint density at radius 1 is 1.24 bits per heavy atom. The summed E-state index contributed by atoms with van der Waals surface area (Å²) in [7, 11) is -3.90. The number of aromatic nitrogens is 1. The molecule has 3 rings (SSSR count). The molecule has 0 amide bonds. The Morgan fingerprint density at radius 3 is 2.66 bits per heavy atom. The number of carboxylic acids is 1. The molecule has 0 bridgehead atoms. The average Bonchev–Trinajstić information content (AvgIpc) is 3.08. The van der Waals surface area contributed by atoms with Crippen molar-refractivity contribution in [2.75, 3.05) is 13.2 Å². The Hall–Kier alpha value is -2.14. The second-order valence-corrected chi connectivity index (χ2v) is 10.4. The van der Waals surface area contributed by atoms with Crippen molar-refractivity contribution < 1.29 is 23.1 Å². The number of aryl methyl sites for hydroxylation is 1. The highest BCUT2D eigenvalue weighted by Crippen LogP contribution is 2.36. The maximum Gasteiger partial charge on any atom is 0.335 e. The highest BCUT2D eigenvalue weighted by molar-refractivity contribution is 8.09. The molecule has 0 fully saturated rings. The van der Waals surface area contributed by atoms with Crippen molar-refractivity contribution in [1.29, 1.82) is 0 Å². The van der Waals surface area contributed by atoms with Gasteiger partial charge < -0.3 is 9.84 Å². The number of ether oxygens (including phenoxy) is 1. The molecule has 1 aromatic heterocycles. The second kappa shape index (κ2) is 8.70. The van der Waals surface area contributed by atoms with Crippen molar-refractivity contribution in [3.8, 4) is 5.75 Å². The van der Waals surface area contributed by atoms with Crippen molar-refractivity contribution in [3.05, 3.63) is 47.5 Å². The summed E-state index contributed by atoms with van der Waals surface area (Å²) in [6.45, 7) is 6.01. The smallest absolute Gasteiger partial charge is 0.335 e. The molecule has 7 nitrogen and oxygen atoms in total. The Bertz CT molecular complexity index is 1160. The van der Waals surface area contributed by atoms with Crippen molar-refractivity contribution >= 4 is 49.5 Å². The molecular formula is C19H20N2O5S3. The van der Waals surface area contributed by atoms with Gasteiger partial charge in [-0.25, -0.2) is 18.2 Å². The summed E-state index contributed by atoms with van der Waals surface area (Å²) in [5.41, 5.74) is 1.23. The number of benzene rings is 2. The summed E-state index contributed by atoms with van der Waals surface area (Å²) in [6.07, 6.45) is 0. The largest absolute Gasteiger partial charge is 0.494 e. The summed E-state index contributed by atoms with van der Waals surface area (Å²) in [6, 6.07) is 9.67. The van der Waals surface area contributed by atoms with Crippen molar-refractivity contribution in [2.45, 2.75) is 30.0 Å². The highest BCUT2D eigenvalue weighted by Gasteiger charge is 2.27. The van der Waals surface area contributed by atoms with Gasteiger partial charge in [-0.3, -0.25) is 0 Å². The molecule has 0 aliphatic carbocycles. The van der Waals surface area contributed by atoms with Crippen molar-refractivity contribution in [3.63, 3.8) is 0 Å². The summed E-state index contributed by atoms with van der Waals surface area (Å²) < 4.78 is 34.3. The van der Waals surface area contributed by atoms with Gasteiger partial charge in [0, 0.05) is 18.5 Å². The number of carbonyl (C=O) groups is 1. The van der Waals surface area contributed by atoms with Crippen LogP contribution >= 0.6 is 23.3 Å². The number of rotatable bonds is 8. The van der Waals surface area contributed by atoms with Gasteiger partial charge in [0.2, 0.25) is 0 Å². The van der Waals surface area contributed by atoms with Gasteiger partial charge in [-0.1, -0.05) is 13.0 Å². The zero-order valence-electron chi connectivity index (χ0n) is 16.1. The molecule has 29 heavy (non-hydrogen) atoms. The molecule has 0 spiro atoms. The lowest BCUT2D eigenvalue weighted by Gasteiger charge is -2.18. The molecule has 1 heterocycles. The number of carboxylic acid groups (broad SMARTS) is 1. The number of nitrogens with zero attached hydrogens (tertiary/aromatic N) is 2. The minimum Gasteiger partial charge on any atom is -0.494 e. The first kappa shape index (κ1) is 21.6. The summed E-state index contributed by atoms with van der Waals surface area (Å²) in [5.74, 6) is -0.424. The predicted molar refractivity (Wildman–Crippen MR) is 114 cm³/mol. The van der Waals surface area contributed by atoms with E-state index in [9.17, 15) is 18.3 Å². The standard InChI is InChI=1S/C19H20N2O5S3/c1-4-21(29(24,25)14-8-6-12(3)15(11-14)18(22)23)28-19-20-16-9-7-13(26-5-2)10-17(16)27-19/h6-11H,4-5H2,1-3H3,(H,22,23). The van der Waals surface area contributed by atoms with Crippen LogP contribution in [-0.2, 0) is 10.0 Å². The average molecular weight is 453 g/mol. The van der Waals surface area contributed by atoms with Gasteiger partial charge in [0.25, 0.3) is 10.0 Å². The Morgan fingerprint density at radius 2 is 2.00 bits per heavy atom. The van der Waals surface area contributed by atoms with Gasteiger partial charge in [-0.05, 0) is 49.7 Å². The van der Waals surface area contributed by atoms with E-state index in [2.05, 4.69) is 4.98 Å². The van der Waals surface area contributed by atoms with E-state index in [4.69, 9.17) is 4.74 Å². The van der Waals surface area contributed by atoms with Crippen LogP contribution in [0.25, 0.3) is 10.2 Å². The quantitative estimate of drug-likeness (QED) is 0.505. The third-order valence-electron chi connectivity index (χ3n) is 4.09. The van der Waals surface area contributed by atoms with Crippen molar-refractivity contribution in [2.24, 2.45) is 0 Å². The zero-order valence-corrected chi connectivity index (χ0v) is 18.5. The summed E-state index contributed by atoms with van der Waals surface area (Å²) >= 11 is 2.39. The van der Waals surface area contributed by atoms with Crippen LogP contribution in [0.5, 0.6) is 5.75 Å². The number of sulfonamides is 1. The maximum absolute atomic E-state index is 13.1. The van der Waals surface area contributed by atoms with Crippen LogP contribution in [0.3, 0.4) is 0 Å². The van der Waals surface area contributed by atoms with Gasteiger partial charge >= 0.3 is 5.97 Å². The Balaban J connectivity index is 1.92. The molecule has 2 aromatic carbocycles.